The number of aromatic nitrogens is 1. The highest BCUT2D eigenvalue weighted by Gasteiger charge is 2.18. The molecule has 21 heavy (non-hydrogen) atoms. The molecule has 0 spiro atoms. The van der Waals surface area contributed by atoms with Crippen molar-refractivity contribution in [2.75, 3.05) is 0 Å². The van der Waals surface area contributed by atoms with E-state index in [9.17, 15) is 14.3 Å². The second-order valence-corrected chi connectivity index (χ2v) is 4.86. The van der Waals surface area contributed by atoms with E-state index in [-0.39, 0.29) is 17.4 Å². The standard InChI is InChI=1S/C16H17FN2O2/c1-3-14(15-8-10(2)6-7-18-15)19-16(21)12-5-4-11(20)9-13(12)17/h4-9,14,20H,3H2,1-2H3,(H,19,21)/t14-/m0/s1. The van der Waals surface area contributed by atoms with E-state index in [0.29, 0.717) is 6.42 Å². The highest BCUT2D eigenvalue weighted by molar-refractivity contribution is 5.94. The SMILES string of the molecule is CC[C@H](NC(=O)c1ccc(O)cc1F)c1cc(C)ccn1. The van der Waals surface area contributed by atoms with Crippen LogP contribution in [0.5, 0.6) is 5.75 Å². The normalized spacial score (nSPS) is 12.0. The molecule has 1 aromatic heterocycles. The monoisotopic (exact) mass is 288 g/mol. The number of hydrogen-bond acceptors (Lipinski definition) is 3. The van der Waals surface area contributed by atoms with Gasteiger partial charge in [0, 0.05) is 12.3 Å². The van der Waals surface area contributed by atoms with Gasteiger partial charge in [-0.05, 0) is 43.2 Å². The lowest BCUT2D eigenvalue weighted by atomic mass is 10.1. The number of aryl methyl sites for hydroxylation is 1. The Hall–Kier alpha value is -2.43. The predicted molar refractivity (Wildman–Crippen MR) is 77.5 cm³/mol. The van der Waals surface area contributed by atoms with Crippen molar-refractivity contribution in [3.63, 3.8) is 0 Å². The minimum Gasteiger partial charge on any atom is -0.508 e. The molecule has 1 aromatic carbocycles. The number of nitrogens with zero attached hydrogens (tertiary/aromatic N) is 1. The lowest BCUT2D eigenvalue weighted by molar-refractivity contribution is 0.0930. The molecule has 0 aliphatic carbocycles. The van der Waals surface area contributed by atoms with Gasteiger partial charge in [-0.3, -0.25) is 9.78 Å². The van der Waals surface area contributed by atoms with Crippen LogP contribution in [0.15, 0.2) is 36.5 Å². The summed E-state index contributed by atoms with van der Waals surface area (Å²) in [7, 11) is 0. The molecular formula is C16H17FN2O2. The molecule has 0 unspecified atom stereocenters. The molecule has 0 radical (unpaired) electrons. The summed E-state index contributed by atoms with van der Waals surface area (Å²) in [6.45, 7) is 3.86. The first-order chi connectivity index (χ1) is 10.0. The van der Waals surface area contributed by atoms with Gasteiger partial charge in [0.15, 0.2) is 0 Å². The maximum Gasteiger partial charge on any atom is 0.254 e. The lowest BCUT2D eigenvalue weighted by Gasteiger charge is -2.17. The number of pyridine rings is 1. The Morgan fingerprint density at radius 2 is 2.14 bits per heavy atom. The zero-order valence-corrected chi connectivity index (χ0v) is 11.9. The first-order valence-corrected chi connectivity index (χ1v) is 6.73. The molecule has 0 aliphatic rings. The lowest BCUT2D eigenvalue weighted by Crippen LogP contribution is -2.29. The molecule has 2 N–H and O–H groups in total. The van der Waals surface area contributed by atoms with Crippen LogP contribution in [0.2, 0.25) is 0 Å². The minimum atomic E-state index is -0.750. The minimum absolute atomic E-state index is 0.0982. The van der Waals surface area contributed by atoms with Gasteiger partial charge in [0.1, 0.15) is 11.6 Å². The zero-order valence-electron chi connectivity index (χ0n) is 11.9. The number of halogens is 1. The molecular weight excluding hydrogens is 271 g/mol. The Morgan fingerprint density at radius 1 is 1.38 bits per heavy atom. The molecule has 0 bridgehead atoms. The number of benzene rings is 1. The third kappa shape index (κ3) is 3.56. The Morgan fingerprint density at radius 3 is 2.76 bits per heavy atom. The van der Waals surface area contributed by atoms with Gasteiger partial charge in [0.25, 0.3) is 5.91 Å². The smallest absolute Gasteiger partial charge is 0.254 e. The summed E-state index contributed by atoms with van der Waals surface area (Å²) in [6.07, 6.45) is 2.32. The van der Waals surface area contributed by atoms with Crippen molar-refractivity contribution in [3.8, 4) is 5.75 Å². The summed E-state index contributed by atoms with van der Waals surface area (Å²) >= 11 is 0. The molecule has 1 atom stereocenters. The zero-order chi connectivity index (χ0) is 15.4. The maximum absolute atomic E-state index is 13.7. The third-order valence-electron chi connectivity index (χ3n) is 3.20. The maximum atomic E-state index is 13.7. The Kier molecular flexibility index (Phi) is 4.52. The highest BCUT2D eigenvalue weighted by atomic mass is 19.1. The van der Waals surface area contributed by atoms with Crippen LogP contribution in [0.25, 0.3) is 0 Å². The van der Waals surface area contributed by atoms with Crippen molar-refractivity contribution in [3.05, 3.63) is 59.2 Å². The van der Waals surface area contributed by atoms with Gasteiger partial charge in [0.2, 0.25) is 0 Å². The largest absolute Gasteiger partial charge is 0.508 e. The predicted octanol–water partition coefficient (Wildman–Crippen LogP) is 3.12. The number of amides is 1. The molecule has 2 aromatic rings. The van der Waals surface area contributed by atoms with Crippen LogP contribution < -0.4 is 5.32 Å². The first-order valence-electron chi connectivity index (χ1n) is 6.73. The van der Waals surface area contributed by atoms with Crippen LogP contribution in [0.4, 0.5) is 4.39 Å². The fourth-order valence-electron chi connectivity index (χ4n) is 2.06. The van der Waals surface area contributed by atoms with E-state index in [1.807, 2.05) is 26.0 Å². The average Bonchev–Trinajstić information content (AvgIpc) is 2.44. The second-order valence-electron chi connectivity index (χ2n) is 4.86. The molecule has 4 nitrogen and oxygen atoms in total. The highest BCUT2D eigenvalue weighted by Crippen LogP contribution is 2.19. The number of phenolic OH excluding ortho intramolecular Hbond substituents is 1. The van der Waals surface area contributed by atoms with Crippen LogP contribution in [0.1, 0.15) is 41.0 Å². The molecule has 0 saturated carbocycles. The van der Waals surface area contributed by atoms with Gasteiger partial charge in [0.05, 0.1) is 17.3 Å². The molecule has 5 heteroatoms. The molecule has 1 amide bonds. The first kappa shape index (κ1) is 15.0. The molecule has 2 rings (SSSR count). The van der Waals surface area contributed by atoms with Gasteiger partial charge < -0.3 is 10.4 Å². The molecule has 110 valence electrons. The van der Waals surface area contributed by atoms with Gasteiger partial charge >= 0.3 is 0 Å². The Bertz CT molecular complexity index is 658. The van der Waals surface area contributed by atoms with Crippen LogP contribution >= 0.6 is 0 Å². The number of phenols is 1. The quantitative estimate of drug-likeness (QED) is 0.908. The van der Waals surface area contributed by atoms with Crippen LogP contribution in [-0.4, -0.2) is 16.0 Å². The number of hydrogen-bond donors (Lipinski definition) is 2. The van der Waals surface area contributed by atoms with Crippen LogP contribution in [0, 0.1) is 12.7 Å². The van der Waals surface area contributed by atoms with Crippen molar-refractivity contribution < 1.29 is 14.3 Å². The van der Waals surface area contributed by atoms with Crippen LogP contribution in [-0.2, 0) is 0 Å². The van der Waals surface area contributed by atoms with Gasteiger partial charge in [-0.2, -0.15) is 0 Å². The van der Waals surface area contributed by atoms with Gasteiger partial charge in [-0.1, -0.05) is 6.92 Å². The summed E-state index contributed by atoms with van der Waals surface area (Å²) < 4.78 is 13.7. The topological polar surface area (TPSA) is 62.2 Å². The molecule has 0 fully saturated rings. The number of nitrogens with one attached hydrogen (secondary N) is 1. The number of aromatic hydroxyl groups is 1. The van der Waals surface area contributed by atoms with Crippen molar-refractivity contribution >= 4 is 5.91 Å². The molecule has 1 heterocycles. The van der Waals surface area contributed by atoms with E-state index in [4.69, 9.17) is 0 Å². The summed E-state index contributed by atoms with van der Waals surface area (Å²) in [5, 5.41) is 11.9. The van der Waals surface area contributed by atoms with Gasteiger partial charge in [-0.25, -0.2) is 4.39 Å². The van der Waals surface area contributed by atoms with E-state index < -0.39 is 11.7 Å². The third-order valence-corrected chi connectivity index (χ3v) is 3.20. The van der Waals surface area contributed by atoms with E-state index in [1.165, 1.54) is 12.1 Å². The number of carbonyl (C=O) groups is 1. The summed E-state index contributed by atoms with van der Waals surface area (Å²) in [5.41, 5.74) is 1.69. The molecule has 0 aliphatic heterocycles. The van der Waals surface area contributed by atoms with E-state index in [2.05, 4.69) is 10.3 Å². The van der Waals surface area contributed by atoms with Crippen LogP contribution in [0.3, 0.4) is 0 Å². The summed E-state index contributed by atoms with van der Waals surface area (Å²) in [5.74, 6) is -1.49. The Labute approximate surface area is 122 Å². The fraction of sp³-hybridized carbons (Fsp3) is 0.250. The summed E-state index contributed by atoms with van der Waals surface area (Å²) in [4.78, 5) is 16.4. The van der Waals surface area contributed by atoms with Crippen molar-refractivity contribution in [2.24, 2.45) is 0 Å². The number of carbonyl (C=O) groups excluding carboxylic acids is 1. The van der Waals surface area contributed by atoms with Crippen molar-refractivity contribution in [2.45, 2.75) is 26.3 Å². The van der Waals surface area contributed by atoms with E-state index >= 15 is 0 Å². The summed E-state index contributed by atoms with van der Waals surface area (Å²) in [6, 6.07) is 6.94. The van der Waals surface area contributed by atoms with Crippen molar-refractivity contribution in [1.82, 2.24) is 10.3 Å². The second kappa shape index (κ2) is 6.35. The van der Waals surface area contributed by atoms with Gasteiger partial charge in [-0.15, -0.1) is 0 Å². The number of rotatable bonds is 4. The molecule has 0 saturated heterocycles. The Balaban J connectivity index is 2.20. The fourth-order valence-corrected chi connectivity index (χ4v) is 2.06. The van der Waals surface area contributed by atoms with E-state index in [0.717, 1.165) is 17.3 Å². The average molecular weight is 288 g/mol. The van der Waals surface area contributed by atoms with E-state index in [1.54, 1.807) is 6.20 Å². The van der Waals surface area contributed by atoms with Crippen molar-refractivity contribution in [1.29, 1.82) is 0 Å².